The number of carbonyl (C=O) groups excluding carboxylic acids is 1. The minimum absolute atomic E-state index is 0.171. The monoisotopic (exact) mass is 584 g/mol. The summed E-state index contributed by atoms with van der Waals surface area (Å²) in [4.78, 5) is 14.3. The smallest absolute Gasteiger partial charge is 0.358 e. The van der Waals surface area contributed by atoms with Gasteiger partial charge in [0.1, 0.15) is 0 Å². The zero-order valence-electron chi connectivity index (χ0n) is 18.0. The first-order valence-corrected chi connectivity index (χ1v) is 13.8. The molecular formula is C20H17Cl2F3N4O5S2. The van der Waals surface area contributed by atoms with Gasteiger partial charge in [0, 0.05) is 37.8 Å². The summed E-state index contributed by atoms with van der Waals surface area (Å²) < 4.78 is 92.8. The molecule has 2 heterocycles. The minimum Gasteiger partial charge on any atom is -0.358 e. The number of nitrogens with zero attached hydrogens (tertiary/aromatic N) is 2. The molecule has 0 unspecified atom stereocenters. The van der Waals surface area contributed by atoms with Crippen LogP contribution in [0.1, 0.15) is 0 Å². The Labute approximate surface area is 213 Å². The Morgan fingerprint density at radius 2 is 1.47 bits per heavy atom. The standard InChI is InChI=1S/C20H17Cl2F3N4O5S2/c21-14-5-6-16(18-17(14)15(22)11-26-18)27-35(31,32)12-1-3-13(4-2-12)36(33,34)29-9-7-28(8-10-29)19(30)20(23,24)25/h1-6,11,26-27H,7-10H2. The maximum absolute atomic E-state index is 12.9. The molecule has 4 rings (SSSR count). The normalized spacial score (nSPS) is 15.9. The van der Waals surface area contributed by atoms with Gasteiger partial charge in [0.05, 0.1) is 31.0 Å². The number of aromatic amines is 1. The number of halogens is 5. The number of alkyl halides is 3. The summed E-state index contributed by atoms with van der Waals surface area (Å²) in [6.07, 6.45) is -3.59. The van der Waals surface area contributed by atoms with E-state index in [9.17, 15) is 34.8 Å². The van der Waals surface area contributed by atoms with Gasteiger partial charge in [0.2, 0.25) is 10.0 Å². The maximum Gasteiger partial charge on any atom is 0.471 e. The Kier molecular flexibility index (Phi) is 6.94. The van der Waals surface area contributed by atoms with E-state index in [2.05, 4.69) is 9.71 Å². The number of carbonyl (C=O) groups is 1. The van der Waals surface area contributed by atoms with Crippen LogP contribution in [0.5, 0.6) is 0 Å². The van der Waals surface area contributed by atoms with Crippen LogP contribution in [0.15, 0.2) is 52.4 Å². The molecule has 0 bridgehead atoms. The number of amides is 1. The summed E-state index contributed by atoms with van der Waals surface area (Å²) in [5, 5.41) is 1.04. The first-order valence-electron chi connectivity index (χ1n) is 10.2. The minimum atomic E-state index is -5.04. The highest BCUT2D eigenvalue weighted by molar-refractivity contribution is 7.92. The quantitative estimate of drug-likeness (QED) is 0.474. The summed E-state index contributed by atoms with van der Waals surface area (Å²) >= 11 is 12.2. The summed E-state index contributed by atoms with van der Waals surface area (Å²) in [6, 6.07) is 7.26. The summed E-state index contributed by atoms with van der Waals surface area (Å²) in [6.45, 7) is -1.52. The molecule has 0 aliphatic carbocycles. The van der Waals surface area contributed by atoms with Crippen LogP contribution < -0.4 is 4.72 Å². The molecule has 1 aliphatic rings. The number of H-pyrrole nitrogens is 1. The van der Waals surface area contributed by atoms with E-state index in [1.807, 2.05) is 0 Å². The SMILES string of the molecule is O=C(N1CCN(S(=O)(=O)c2ccc(S(=O)(=O)Nc3ccc(Cl)c4c(Cl)c[nH]c34)cc2)CC1)C(F)(F)F. The van der Waals surface area contributed by atoms with Gasteiger partial charge in [-0.2, -0.15) is 17.5 Å². The van der Waals surface area contributed by atoms with Crippen molar-refractivity contribution in [2.75, 3.05) is 30.9 Å². The Morgan fingerprint density at radius 3 is 2.06 bits per heavy atom. The molecule has 1 aromatic heterocycles. The zero-order valence-corrected chi connectivity index (χ0v) is 21.2. The molecule has 2 N–H and O–H groups in total. The van der Waals surface area contributed by atoms with Crippen LogP contribution in [0.3, 0.4) is 0 Å². The van der Waals surface area contributed by atoms with Crippen molar-refractivity contribution in [1.29, 1.82) is 0 Å². The average Bonchev–Trinajstić information content (AvgIpc) is 3.22. The van der Waals surface area contributed by atoms with Crippen molar-refractivity contribution in [3.05, 3.63) is 52.6 Å². The molecule has 1 amide bonds. The van der Waals surface area contributed by atoms with Crippen molar-refractivity contribution in [2.24, 2.45) is 0 Å². The Balaban J connectivity index is 1.51. The number of piperazine rings is 1. The van der Waals surface area contributed by atoms with Crippen molar-refractivity contribution >= 4 is 65.7 Å². The predicted molar refractivity (Wildman–Crippen MR) is 127 cm³/mol. The largest absolute Gasteiger partial charge is 0.471 e. The molecule has 0 spiro atoms. The van der Waals surface area contributed by atoms with Crippen LogP contribution in [0.4, 0.5) is 18.9 Å². The number of benzene rings is 2. The fourth-order valence-electron chi connectivity index (χ4n) is 3.71. The third kappa shape index (κ3) is 5.00. The lowest BCUT2D eigenvalue weighted by atomic mass is 10.2. The van der Waals surface area contributed by atoms with Crippen LogP contribution in [0.2, 0.25) is 10.0 Å². The van der Waals surface area contributed by atoms with E-state index < -0.39 is 45.2 Å². The highest BCUT2D eigenvalue weighted by atomic mass is 35.5. The second-order valence-corrected chi connectivity index (χ2v) is 12.2. The number of fused-ring (bicyclic) bond motifs is 1. The van der Waals surface area contributed by atoms with Gasteiger partial charge in [-0.1, -0.05) is 23.2 Å². The van der Waals surface area contributed by atoms with E-state index >= 15 is 0 Å². The fourth-order valence-corrected chi connectivity index (χ4v) is 6.76. The molecule has 1 fully saturated rings. The molecule has 1 aliphatic heterocycles. The van der Waals surface area contributed by atoms with E-state index in [1.54, 1.807) is 0 Å². The molecular weight excluding hydrogens is 568 g/mol. The van der Waals surface area contributed by atoms with Crippen molar-refractivity contribution < 1.29 is 34.8 Å². The number of anilines is 1. The molecule has 3 aromatic rings. The molecule has 0 atom stereocenters. The molecule has 36 heavy (non-hydrogen) atoms. The number of nitrogens with one attached hydrogen (secondary N) is 2. The van der Waals surface area contributed by atoms with Crippen molar-refractivity contribution in [2.45, 2.75) is 16.0 Å². The molecule has 194 valence electrons. The first kappa shape index (κ1) is 26.5. The topological polar surface area (TPSA) is 120 Å². The average molecular weight is 585 g/mol. The van der Waals surface area contributed by atoms with Crippen LogP contribution in [0.25, 0.3) is 10.9 Å². The summed E-state index contributed by atoms with van der Waals surface area (Å²) in [7, 11) is -8.28. The van der Waals surface area contributed by atoms with Crippen molar-refractivity contribution in [3.63, 3.8) is 0 Å². The van der Waals surface area contributed by atoms with Crippen LogP contribution in [0, 0.1) is 0 Å². The van der Waals surface area contributed by atoms with E-state index in [1.165, 1.54) is 18.3 Å². The Bertz CT molecular complexity index is 1530. The number of sulfonamides is 2. The number of hydrogen-bond acceptors (Lipinski definition) is 5. The lowest BCUT2D eigenvalue weighted by Crippen LogP contribution is -2.53. The zero-order chi connectivity index (χ0) is 26.5. The highest BCUT2D eigenvalue weighted by Crippen LogP contribution is 2.35. The molecule has 0 radical (unpaired) electrons. The Hall–Kier alpha value is -2.52. The van der Waals surface area contributed by atoms with Gasteiger partial charge < -0.3 is 9.88 Å². The van der Waals surface area contributed by atoms with Gasteiger partial charge in [-0.15, -0.1) is 0 Å². The predicted octanol–water partition coefficient (Wildman–Crippen LogP) is 3.67. The van der Waals surface area contributed by atoms with Gasteiger partial charge in [-0.3, -0.25) is 9.52 Å². The van der Waals surface area contributed by atoms with Crippen LogP contribution in [-0.2, 0) is 24.8 Å². The van der Waals surface area contributed by atoms with Gasteiger partial charge in [-0.25, -0.2) is 16.8 Å². The molecule has 1 saturated heterocycles. The highest BCUT2D eigenvalue weighted by Gasteiger charge is 2.44. The van der Waals surface area contributed by atoms with E-state index in [-0.39, 0.29) is 28.6 Å². The lowest BCUT2D eigenvalue weighted by Gasteiger charge is -2.34. The molecule has 2 aromatic carbocycles. The van der Waals surface area contributed by atoms with Crippen LogP contribution >= 0.6 is 23.2 Å². The number of hydrogen-bond donors (Lipinski definition) is 2. The van der Waals surface area contributed by atoms with E-state index in [4.69, 9.17) is 23.2 Å². The summed E-state index contributed by atoms with van der Waals surface area (Å²) in [5.41, 5.74) is 0.530. The van der Waals surface area contributed by atoms with Crippen LogP contribution in [-0.4, -0.2) is 69.3 Å². The second-order valence-electron chi connectivity index (χ2n) is 7.75. The van der Waals surface area contributed by atoms with Crippen molar-refractivity contribution in [3.8, 4) is 0 Å². The van der Waals surface area contributed by atoms with Gasteiger partial charge in [-0.05, 0) is 36.4 Å². The third-order valence-electron chi connectivity index (χ3n) is 5.52. The number of aromatic nitrogens is 1. The summed E-state index contributed by atoms with van der Waals surface area (Å²) in [5.74, 6) is -2.03. The number of rotatable bonds is 5. The van der Waals surface area contributed by atoms with E-state index in [0.717, 1.165) is 28.6 Å². The second kappa shape index (κ2) is 9.41. The van der Waals surface area contributed by atoms with Gasteiger partial charge in [0.15, 0.2) is 0 Å². The fraction of sp³-hybridized carbons (Fsp3) is 0.250. The van der Waals surface area contributed by atoms with Gasteiger partial charge >= 0.3 is 12.1 Å². The molecule has 0 saturated carbocycles. The molecule has 9 nitrogen and oxygen atoms in total. The molecule has 16 heteroatoms. The van der Waals surface area contributed by atoms with Crippen molar-refractivity contribution in [1.82, 2.24) is 14.2 Å². The third-order valence-corrected chi connectivity index (χ3v) is 9.43. The van der Waals surface area contributed by atoms with E-state index in [0.29, 0.717) is 25.8 Å². The van der Waals surface area contributed by atoms with Gasteiger partial charge in [0.25, 0.3) is 10.0 Å². The Morgan fingerprint density at radius 1 is 0.889 bits per heavy atom. The first-order chi connectivity index (χ1) is 16.7. The maximum atomic E-state index is 12.9. The lowest BCUT2D eigenvalue weighted by molar-refractivity contribution is -0.186.